The molecule has 0 spiro atoms. The van der Waals surface area contributed by atoms with Crippen molar-refractivity contribution in [2.45, 2.75) is 65.0 Å². The third-order valence-corrected chi connectivity index (χ3v) is 4.85. The summed E-state index contributed by atoms with van der Waals surface area (Å²) in [7, 11) is 0. The number of hydrogen-bond acceptors (Lipinski definition) is 3. The fourth-order valence-corrected chi connectivity index (χ4v) is 3.21. The zero-order valence-corrected chi connectivity index (χ0v) is 15.8. The molecule has 25 heavy (non-hydrogen) atoms. The minimum atomic E-state index is -0.0502. The van der Waals surface area contributed by atoms with Crippen molar-refractivity contribution in [3.8, 4) is 0 Å². The lowest BCUT2D eigenvalue weighted by atomic mass is 10.1. The third-order valence-electron chi connectivity index (χ3n) is 4.53. The Morgan fingerprint density at radius 3 is 2.64 bits per heavy atom. The summed E-state index contributed by atoms with van der Waals surface area (Å²) in [6.07, 6.45) is 5.01. The highest BCUT2D eigenvalue weighted by atomic mass is 32.1. The lowest BCUT2D eigenvalue weighted by molar-refractivity contribution is -0.121. The molecule has 1 aromatic carbocycles. The second-order valence-corrected chi connectivity index (χ2v) is 6.71. The van der Waals surface area contributed by atoms with Crippen LogP contribution in [-0.2, 0) is 11.3 Å². The Bertz CT molecular complexity index is 821. The first kappa shape index (κ1) is 19.4. The van der Waals surface area contributed by atoms with E-state index in [1.165, 1.54) is 0 Å². The van der Waals surface area contributed by atoms with E-state index in [0.717, 1.165) is 37.6 Å². The van der Waals surface area contributed by atoms with Gasteiger partial charge in [-0.25, -0.2) is 0 Å². The molecule has 2 N–H and O–H groups in total. The van der Waals surface area contributed by atoms with Crippen molar-refractivity contribution in [2.24, 2.45) is 0 Å². The predicted molar refractivity (Wildman–Crippen MR) is 104 cm³/mol. The van der Waals surface area contributed by atoms with Crippen molar-refractivity contribution < 1.29 is 4.79 Å². The Morgan fingerprint density at radius 2 is 1.92 bits per heavy atom. The summed E-state index contributed by atoms with van der Waals surface area (Å²) in [5, 5.41) is 3.70. The number of nitrogens with zero attached hydrogens (tertiary/aromatic N) is 1. The molecule has 1 amide bonds. The maximum absolute atomic E-state index is 12.5. The maximum atomic E-state index is 12.5. The SMILES string of the molecule is CCC(CC)NC(=O)CCCCCn1c(=S)[nH]c2ccccc2c1=O. The minimum Gasteiger partial charge on any atom is -0.353 e. The lowest BCUT2D eigenvalue weighted by Crippen LogP contribution is -2.33. The highest BCUT2D eigenvalue weighted by Gasteiger charge is 2.08. The molecular formula is C19H27N3O2S. The molecule has 0 atom stereocenters. The number of carbonyl (C=O) groups is 1. The molecule has 0 unspecified atom stereocenters. The van der Waals surface area contributed by atoms with Crippen molar-refractivity contribution in [2.75, 3.05) is 0 Å². The summed E-state index contributed by atoms with van der Waals surface area (Å²) < 4.78 is 2.07. The molecule has 5 nitrogen and oxygen atoms in total. The second kappa shape index (κ2) is 9.51. The standard InChI is InChI=1S/C19H27N3O2S/c1-3-14(4-2)20-17(23)12-6-5-9-13-22-18(24)15-10-7-8-11-16(15)21-19(22)25/h7-8,10-11,14H,3-6,9,12-13H2,1-2H3,(H,20,23)(H,21,25). The summed E-state index contributed by atoms with van der Waals surface area (Å²) in [6.45, 7) is 4.74. The van der Waals surface area contributed by atoms with E-state index in [4.69, 9.17) is 12.2 Å². The van der Waals surface area contributed by atoms with E-state index in [0.29, 0.717) is 23.1 Å². The van der Waals surface area contributed by atoms with E-state index in [9.17, 15) is 9.59 Å². The quantitative estimate of drug-likeness (QED) is 0.525. The van der Waals surface area contributed by atoms with Gasteiger partial charge in [-0.3, -0.25) is 14.2 Å². The Kier molecular flexibility index (Phi) is 7.37. The van der Waals surface area contributed by atoms with Crippen molar-refractivity contribution >= 4 is 29.0 Å². The number of aromatic amines is 1. The van der Waals surface area contributed by atoms with E-state index in [1.54, 1.807) is 4.57 Å². The van der Waals surface area contributed by atoms with E-state index < -0.39 is 0 Å². The van der Waals surface area contributed by atoms with Gasteiger partial charge in [-0.2, -0.15) is 0 Å². The number of aromatic nitrogens is 2. The van der Waals surface area contributed by atoms with Crippen LogP contribution in [0.1, 0.15) is 52.4 Å². The molecular weight excluding hydrogens is 334 g/mol. The van der Waals surface area contributed by atoms with Crippen LogP contribution in [0.15, 0.2) is 29.1 Å². The zero-order valence-electron chi connectivity index (χ0n) is 15.0. The molecule has 0 aliphatic heterocycles. The van der Waals surface area contributed by atoms with Gasteiger partial charge in [0.1, 0.15) is 0 Å². The molecule has 2 rings (SSSR count). The summed E-state index contributed by atoms with van der Waals surface area (Å²) in [5.41, 5.74) is 0.720. The van der Waals surface area contributed by atoms with Crippen LogP contribution in [0.3, 0.4) is 0 Å². The summed E-state index contributed by atoms with van der Waals surface area (Å²) >= 11 is 5.30. The molecule has 0 radical (unpaired) electrons. The van der Waals surface area contributed by atoms with Gasteiger partial charge < -0.3 is 10.3 Å². The topological polar surface area (TPSA) is 66.9 Å². The third kappa shape index (κ3) is 5.26. The normalized spacial score (nSPS) is 11.2. The van der Waals surface area contributed by atoms with Crippen molar-refractivity contribution in [1.29, 1.82) is 0 Å². The first-order chi connectivity index (χ1) is 12.1. The van der Waals surface area contributed by atoms with Gasteiger partial charge in [-0.1, -0.05) is 32.4 Å². The minimum absolute atomic E-state index is 0.0502. The van der Waals surface area contributed by atoms with E-state index >= 15 is 0 Å². The summed E-state index contributed by atoms with van der Waals surface area (Å²) in [6, 6.07) is 7.67. The molecule has 136 valence electrons. The number of rotatable bonds is 9. The van der Waals surface area contributed by atoms with Crippen molar-refractivity contribution in [3.05, 3.63) is 39.4 Å². The van der Waals surface area contributed by atoms with Crippen LogP contribution < -0.4 is 10.9 Å². The number of fused-ring (bicyclic) bond motifs is 1. The van der Waals surface area contributed by atoms with Gasteiger partial charge in [0.15, 0.2) is 4.77 Å². The Labute approximate surface area is 153 Å². The highest BCUT2D eigenvalue weighted by molar-refractivity contribution is 7.71. The molecule has 0 saturated carbocycles. The molecule has 0 aliphatic rings. The smallest absolute Gasteiger partial charge is 0.262 e. The fraction of sp³-hybridized carbons (Fsp3) is 0.526. The van der Waals surface area contributed by atoms with Gasteiger partial charge in [0.25, 0.3) is 5.56 Å². The Morgan fingerprint density at radius 1 is 1.20 bits per heavy atom. The number of benzene rings is 1. The molecule has 2 aromatic rings. The summed E-state index contributed by atoms with van der Waals surface area (Å²) in [4.78, 5) is 27.5. The van der Waals surface area contributed by atoms with Crippen LogP contribution in [0.25, 0.3) is 10.9 Å². The van der Waals surface area contributed by atoms with Crippen LogP contribution in [0, 0.1) is 4.77 Å². The Hall–Kier alpha value is -1.95. The second-order valence-electron chi connectivity index (χ2n) is 6.32. The number of nitrogens with one attached hydrogen (secondary N) is 2. The van der Waals surface area contributed by atoms with Gasteiger partial charge in [-0.05, 0) is 50.0 Å². The monoisotopic (exact) mass is 361 g/mol. The average Bonchev–Trinajstić information content (AvgIpc) is 2.61. The van der Waals surface area contributed by atoms with Crippen LogP contribution in [0.2, 0.25) is 0 Å². The highest BCUT2D eigenvalue weighted by Crippen LogP contribution is 2.08. The first-order valence-corrected chi connectivity index (χ1v) is 9.48. The molecule has 0 saturated heterocycles. The van der Waals surface area contributed by atoms with Crippen molar-refractivity contribution in [3.63, 3.8) is 0 Å². The number of amides is 1. The van der Waals surface area contributed by atoms with Gasteiger partial charge in [0.05, 0.1) is 10.9 Å². The fourth-order valence-electron chi connectivity index (χ4n) is 2.93. The van der Waals surface area contributed by atoms with Crippen LogP contribution in [0.4, 0.5) is 0 Å². The number of para-hydroxylation sites is 1. The van der Waals surface area contributed by atoms with Crippen LogP contribution >= 0.6 is 12.2 Å². The Balaban J connectivity index is 1.85. The first-order valence-electron chi connectivity index (χ1n) is 9.08. The maximum Gasteiger partial charge on any atom is 0.262 e. The van der Waals surface area contributed by atoms with E-state index in [2.05, 4.69) is 24.1 Å². The van der Waals surface area contributed by atoms with Crippen LogP contribution in [0.5, 0.6) is 0 Å². The number of unbranched alkanes of at least 4 members (excludes halogenated alkanes) is 2. The molecule has 0 bridgehead atoms. The van der Waals surface area contributed by atoms with Gasteiger partial charge in [-0.15, -0.1) is 0 Å². The molecule has 1 aromatic heterocycles. The predicted octanol–water partition coefficient (Wildman–Crippen LogP) is 3.92. The summed E-state index contributed by atoms with van der Waals surface area (Å²) in [5.74, 6) is 0.119. The molecule has 6 heteroatoms. The largest absolute Gasteiger partial charge is 0.353 e. The van der Waals surface area contributed by atoms with Gasteiger partial charge >= 0.3 is 0 Å². The van der Waals surface area contributed by atoms with Crippen LogP contribution in [-0.4, -0.2) is 21.5 Å². The molecule has 0 fully saturated rings. The van der Waals surface area contributed by atoms with Gasteiger partial charge in [0, 0.05) is 19.0 Å². The molecule has 1 heterocycles. The average molecular weight is 362 g/mol. The van der Waals surface area contributed by atoms with Gasteiger partial charge in [0.2, 0.25) is 5.91 Å². The lowest BCUT2D eigenvalue weighted by Gasteiger charge is -2.14. The molecule has 0 aliphatic carbocycles. The number of H-pyrrole nitrogens is 1. The number of hydrogen-bond donors (Lipinski definition) is 2. The number of carbonyl (C=O) groups excluding carboxylic acids is 1. The van der Waals surface area contributed by atoms with E-state index in [1.807, 2.05) is 24.3 Å². The zero-order chi connectivity index (χ0) is 18.2. The van der Waals surface area contributed by atoms with E-state index in [-0.39, 0.29) is 17.5 Å². The van der Waals surface area contributed by atoms with Crippen molar-refractivity contribution in [1.82, 2.24) is 14.9 Å².